The largest absolute Gasteiger partial charge is 0.461 e. The van der Waals surface area contributed by atoms with Crippen molar-refractivity contribution in [1.29, 1.82) is 0 Å². The van der Waals surface area contributed by atoms with E-state index < -0.39 is 0 Å². The van der Waals surface area contributed by atoms with E-state index in [2.05, 4.69) is 47.9 Å². The number of halogens is 1. The minimum atomic E-state index is -0.374. The minimum absolute atomic E-state index is 0.107. The highest BCUT2D eigenvalue weighted by Gasteiger charge is 2.24. The van der Waals surface area contributed by atoms with E-state index in [-0.39, 0.29) is 11.4 Å². The van der Waals surface area contributed by atoms with Gasteiger partial charge in [0.1, 0.15) is 0 Å². The van der Waals surface area contributed by atoms with Crippen molar-refractivity contribution in [3.05, 3.63) is 51.8 Å². The van der Waals surface area contributed by atoms with Crippen molar-refractivity contribution in [2.24, 2.45) is 0 Å². The second kappa shape index (κ2) is 6.65. The van der Waals surface area contributed by atoms with Gasteiger partial charge in [-0.05, 0) is 30.7 Å². The van der Waals surface area contributed by atoms with Crippen molar-refractivity contribution in [3.63, 3.8) is 0 Å². The van der Waals surface area contributed by atoms with Crippen molar-refractivity contribution in [2.45, 2.75) is 39.7 Å². The molecule has 0 aliphatic rings. The lowest BCUT2D eigenvalue weighted by Gasteiger charge is -2.20. The molecule has 0 unspecified atom stereocenters. The van der Waals surface area contributed by atoms with Crippen LogP contribution in [0.3, 0.4) is 0 Å². The van der Waals surface area contributed by atoms with Gasteiger partial charge in [-0.3, -0.25) is 4.68 Å². The summed E-state index contributed by atoms with van der Waals surface area (Å²) in [6.07, 6.45) is 0. The van der Waals surface area contributed by atoms with Crippen molar-refractivity contribution in [3.8, 4) is 0 Å². The molecular weight excluding hydrogens is 344 g/mol. The highest BCUT2D eigenvalue weighted by Crippen LogP contribution is 2.24. The Bertz CT molecular complexity index is 672. The first-order chi connectivity index (χ1) is 10.3. The highest BCUT2D eigenvalue weighted by atomic mass is 79.9. The predicted octanol–water partition coefficient (Wildman–Crippen LogP) is 4.17. The molecule has 1 heterocycles. The van der Waals surface area contributed by atoms with E-state index in [1.54, 1.807) is 6.92 Å². The number of rotatable bonds is 4. The first-order valence-corrected chi connectivity index (χ1v) is 8.10. The molecule has 0 radical (unpaired) electrons. The van der Waals surface area contributed by atoms with Crippen LogP contribution in [0.25, 0.3) is 0 Å². The summed E-state index contributed by atoms with van der Waals surface area (Å²) in [7, 11) is 0. The molecule has 5 heteroatoms. The number of aromatic nitrogens is 2. The molecule has 0 spiro atoms. The topological polar surface area (TPSA) is 44.1 Å². The summed E-state index contributed by atoms with van der Waals surface area (Å²) in [5.41, 5.74) is 2.39. The van der Waals surface area contributed by atoms with E-state index in [9.17, 15) is 4.79 Å². The molecule has 1 aromatic carbocycles. The van der Waals surface area contributed by atoms with E-state index in [1.807, 2.05) is 28.9 Å². The molecule has 0 saturated carbocycles. The molecule has 118 valence electrons. The summed E-state index contributed by atoms with van der Waals surface area (Å²) in [4.78, 5) is 11.9. The minimum Gasteiger partial charge on any atom is -0.461 e. The van der Waals surface area contributed by atoms with E-state index in [1.165, 1.54) is 0 Å². The predicted molar refractivity (Wildman–Crippen MR) is 90.1 cm³/mol. The van der Waals surface area contributed by atoms with Gasteiger partial charge in [-0.1, -0.05) is 48.8 Å². The normalized spacial score (nSPS) is 11.5. The number of esters is 1. The highest BCUT2D eigenvalue weighted by molar-refractivity contribution is 9.10. The number of hydrogen-bond acceptors (Lipinski definition) is 3. The smallest absolute Gasteiger partial charge is 0.358 e. The molecule has 4 nitrogen and oxygen atoms in total. The van der Waals surface area contributed by atoms with E-state index >= 15 is 0 Å². The maximum absolute atomic E-state index is 11.9. The van der Waals surface area contributed by atoms with Gasteiger partial charge in [0.05, 0.1) is 13.2 Å². The van der Waals surface area contributed by atoms with Crippen molar-refractivity contribution in [1.82, 2.24) is 9.78 Å². The van der Waals surface area contributed by atoms with Gasteiger partial charge in [-0.2, -0.15) is 5.10 Å². The monoisotopic (exact) mass is 364 g/mol. The Kier molecular flexibility index (Phi) is 5.06. The van der Waals surface area contributed by atoms with Gasteiger partial charge in [-0.15, -0.1) is 0 Å². The van der Waals surface area contributed by atoms with Gasteiger partial charge in [0, 0.05) is 15.6 Å². The zero-order chi connectivity index (χ0) is 16.3. The fourth-order valence-corrected chi connectivity index (χ4v) is 2.70. The molecule has 0 fully saturated rings. The molecule has 0 saturated heterocycles. The SMILES string of the molecule is CCOC(=O)c1cc(C(C)(C)C)n(Cc2cccc(Br)c2)n1. The van der Waals surface area contributed by atoms with Crippen LogP contribution in [-0.4, -0.2) is 22.4 Å². The van der Waals surface area contributed by atoms with Gasteiger partial charge in [0.2, 0.25) is 0 Å². The second-order valence-corrected chi connectivity index (χ2v) is 7.09. The summed E-state index contributed by atoms with van der Waals surface area (Å²) in [6, 6.07) is 9.91. The molecule has 0 amide bonds. The number of carbonyl (C=O) groups excluding carboxylic acids is 1. The first kappa shape index (κ1) is 16.7. The van der Waals surface area contributed by atoms with Gasteiger partial charge < -0.3 is 4.74 Å². The Hall–Kier alpha value is -1.62. The first-order valence-electron chi connectivity index (χ1n) is 7.31. The summed E-state index contributed by atoms with van der Waals surface area (Å²) in [5, 5.41) is 4.45. The Morgan fingerprint density at radius 1 is 1.32 bits per heavy atom. The number of nitrogens with zero attached hydrogens (tertiary/aromatic N) is 2. The molecule has 0 N–H and O–H groups in total. The van der Waals surface area contributed by atoms with Crippen LogP contribution in [0.2, 0.25) is 0 Å². The fourth-order valence-electron chi connectivity index (χ4n) is 2.25. The maximum Gasteiger partial charge on any atom is 0.358 e. The number of benzene rings is 1. The van der Waals surface area contributed by atoms with Crippen LogP contribution in [0.5, 0.6) is 0 Å². The Labute approximate surface area is 139 Å². The number of hydrogen-bond donors (Lipinski definition) is 0. The fraction of sp³-hybridized carbons (Fsp3) is 0.412. The summed E-state index contributed by atoms with van der Waals surface area (Å²) in [5.74, 6) is -0.374. The Balaban J connectivity index is 2.38. The number of ether oxygens (including phenoxy) is 1. The van der Waals surface area contributed by atoms with Crippen LogP contribution in [-0.2, 0) is 16.7 Å². The van der Waals surface area contributed by atoms with E-state index in [4.69, 9.17) is 4.74 Å². The quantitative estimate of drug-likeness (QED) is 0.764. The van der Waals surface area contributed by atoms with Crippen molar-refractivity contribution < 1.29 is 9.53 Å². The van der Waals surface area contributed by atoms with Gasteiger partial charge in [0.15, 0.2) is 5.69 Å². The van der Waals surface area contributed by atoms with Crippen LogP contribution in [0, 0.1) is 0 Å². The van der Waals surface area contributed by atoms with Gasteiger partial charge >= 0.3 is 5.97 Å². The zero-order valence-corrected chi connectivity index (χ0v) is 15.0. The summed E-state index contributed by atoms with van der Waals surface area (Å²) in [6.45, 7) is 9.08. The molecule has 2 rings (SSSR count). The standard InChI is InChI=1S/C17H21BrN2O2/c1-5-22-16(21)14-10-15(17(2,3)4)20(19-14)11-12-7-6-8-13(18)9-12/h6-10H,5,11H2,1-4H3. The molecule has 1 aromatic heterocycles. The van der Waals surface area contributed by atoms with Crippen molar-refractivity contribution in [2.75, 3.05) is 6.61 Å². The average Bonchev–Trinajstić information content (AvgIpc) is 2.83. The van der Waals surface area contributed by atoms with Crippen LogP contribution in [0.15, 0.2) is 34.8 Å². The number of carbonyl (C=O) groups is 1. The average molecular weight is 365 g/mol. The lowest BCUT2D eigenvalue weighted by Crippen LogP contribution is -2.19. The van der Waals surface area contributed by atoms with Crippen LogP contribution in [0.1, 0.15) is 49.4 Å². The molecule has 0 aliphatic heterocycles. The van der Waals surface area contributed by atoms with Crippen LogP contribution >= 0.6 is 15.9 Å². The van der Waals surface area contributed by atoms with Crippen molar-refractivity contribution >= 4 is 21.9 Å². The lowest BCUT2D eigenvalue weighted by atomic mass is 9.91. The second-order valence-electron chi connectivity index (χ2n) is 6.17. The third-order valence-corrected chi connectivity index (χ3v) is 3.75. The lowest BCUT2D eigenvalue weighted by molar-refractivity contribution is 0.0518. The maximum atomic E-state index is 11.9. The third-order valence-electron chi connectivity index (χ3n) is 3.25. The zero-order valence-electron chi connectivity index (χ0n) is 13.4. The summed E-state index contributed by atoms with van der Waals surface area (Å²) >= 11 is 3.48. The summed E-state index contributed by atoms with van der Waals surface area (Å²) < 4.78 is 7.97. The molecule has 0 bridgehead atoms. The Morgan fingerprint density at radius 3 is 2.64 bits per heavy atom. The molecule has 0 aliphatic carbocycles. The molecule has 0 atom stereocenters. The van der Waals surface area contributed by atoms with Crippen LogP contribution in [0.4, 0.5) is 0 Å². The van der Waals surface area contributed by atoms with E-state index in [0.717, 1.165) is 15.7 Å². The molecular formula is C17H21BrN2O2. The molecule has 22 heavy (non-hydrogen) atoms. The van der Waals surface area contributed by atoms with Gasteiger partial charge in [-0.25, -0.2) is 4.79 Å². The van der Waals surface area contributed by atoms with Gasteiger partial charge in [0.25, 0.3) is 0 Å². The molecule has 2 aromatic rings. The Morgan fingerprint density at radius 2 is 2.05 bits per heavy atom. The van der Waals surface area contributed by atoms with E-state index in [0.29, 0.717) is 18.8 Å². The van der Waals surface area contributed by atoms with Crippen LogP contribution < -0.4 is 0 Å². The third kappa shape index (κ3) is 3.97.